The maximum absolute atomic E-state index is 12.8. The topological polar surface area (TPSA) is 177 Å². The molecular formula is C28H29N5O6S. The lowest BCUT2D eigenvalue weighted by Crippen LogP contribution is -2.44. The standard InChI is InChI=1S/C28H29N5O6S/c29-17-20-5-7-21(8-6-20)18-39-23-11-9-19(10-12-23)15-25(30)28(34)32-40(37,38)24-13-14-26(27(16-24)33(35)36)31-22-3-1-2-4-22/h5-14,16,22,25,31H,1-4,15,18,30H2,(H,32,34)/t25-/m0/s1. The van der Waals surface area contributed by atoms with Crippen LogP contribution >= 0.6 is 0 Å². The van der Waals surface area contributed by atoms with Gasteiger partial charge in [-0.1, -0.05) is 37.1 Å². The van der Waals surface area contributed by atoms with Crippen molar-refractivity contribution in [1.29, 1.82) is 5.26 Å². The fourth-order valence-electron chi connectivity index (χ4n) is 4.42. The molecule has 4 rings (SSSR count). The van der Waals surface area contributed by atoms with E-state index in [1.807, 2.05) is 4.72 Å². The highest BCUT2D eigenvalue weighted by Crippen LogP contribution is 2.31. The van der Waals surface area contributed by atoms with E-state index in [9.17, 15) is 23.3 Å². The molecule has 4 N–H and O–H groups in total. The minimum Gasteiger partial charge on any atom is -0.489 e. The number of ether oxygens (including phenoxy) is 1. The van der Waals surface area contributed by atoms with Crippen LogP contribution in [0.15, 0.2) is 71.6 Å². The van der Waals surface area contributed by atoms with E-state index in [1.54, 1.807) is 48.5 Å². The highest BCUT2D eigenvalue weighted by molar-refractivity contribution is 7.90. The summed E-state index contributed by atoms with van der Waals surface area (Å²) >= 11 is 0. The molecule has 1 saturated carbocycles. The van der Waals surface area contributed by atoms with Gasteiger partial charge in [-0.05, 0) is 66.8 Å². The van der Waals surface area contributed by atoms with Gasteiger partial charge in [0.15, 0.2) is 0 Å². The Morgan fingerprint density at radius 3 is 2.35 bits per heavy atom. The lowest BCUT2D eigenvalue weighted by molar-refractivity contribution is -0.384. The van der Waals surface area contributed by atoms with Gasteiger partial charge in [0, 0.05) is 12.1 Å². The summed E-state index contributed by atoms with van der Waals surface area (Å²) in [6.45, 7) is 0.306. The van der Waals surface area contributed by atoms with Crippen LogP contribution < -0.4 is 20.5 Å². The van der Waals surface area contributed by atoms with Crippen molar-refractivity contribution in [2.24, 2.45) is 5.73 Å². The number of hydrogen-bond acceptors (Lipinski definition) is 9. The number of amides is 1. The Labute approximate surface area is 232 Å². The summed E-state index contributed by atoms with van der Waals surface area (Å²) in [5, 5.41) is 23.6. The number of anilines is 1. The molecular weight excluding hydrogens is 534 g/mol. The van der Waals surface area contributed by atoms with Gasteiger partial charge in [0.05, 0.1) is 27.5 Å². The Morgan fingerprint density at radius 1 is 1.07 bits per heavy atom. The number of carbonyl (C=O) groups is 1. The summed E-state index contributed by atoms with van der Waals surface area (Å²) in [5.74, 6) is -0.349. The van der Waals surface area contributed by atoms with Crippen LogP contribution in [0.3, 0.4) is 0 Å². The van der Waals surface area contributed by atoms with Crippen LogP contribution in [0.4, 0.5) is 11.4 Å². The zero-order chi connectivity index (χ0) is 28.7. The van der Waals surface area contributed by atoms with Crippen molar-refractivity contribution < 1.29 is 22.9 Å². The number of rotatable bonds is 11. The number of nitro groups is 1. The van der Waals surface area contributed by atoms with Gasteiger partial charge < -0.3 is 15.8 Å². The lowest BCUT2D eigenvalue weighted by Gasteiger charge is -2.15. The Kier molecular flexibility index (Phi) is 8.98. The summed E-state index contributed by atoms with van der Waals surface area (Å²) in [6, 6.07) is 18.4. The van der Waals surface area contributed by atoms with Crippen LogP contribution in [-0.4, -0.2) is 31.3 Å². The molecule has 3 aromatic rings. The predicted molar refractivity (Wildman–Crippen MR) is 148 cm³/mol. The first-order valence-electron chi connectivity index (χ1n) is 12.7. The molecule has 0 heterocycles. The number of nitrogens with two attached hydrogens (primary N) is 1. The highest BCUT2D eigenvalue weighted by atomic mass is 32.2. The number of carbonyl (C=O) groups excluding carboxylic acids is 1. The molecule has 0 spiro atoms. The van der Waals surface area contributed by atoms with Gasteiger partial charge in [0.2, 0.25) is 0 Å². The number of nitrogens with one attached hydrogen (secondary N) is 2. The fourth-order valence-corrected chi connectivity index (χ4v) is 5.47. The Balaban J connectivity index is 1.34. The van der Waals surface area contributed by atoms with Crippen molar-refractivity contribution in [3.05, 3.63) is 93.5 Å². The SMILES string of the molecule is N#Cc1ccc(COc2ccc(C[C@H](N)C(=O)NS(=O)(=O)c3ccc(NC4CCCC4)c([N+](=O)[O-])c3)cc2)cc1. The molecule has 0 unspecified atom stereocenters. The molecule has 1 aliphatic carbocycles. The lowest BCUT2D eigenvalue weighted by atomic mass is 10.1. The van der Waals surface area contributed by atoms with Crippen LogP contribution in [0.2, 0.25) is 0 Å². The smallest absolute Gasteiger partial charge is 0.293 e. The molecule has 3 aromatic carbocycles. The molecule has 0 bridgehead atoms. The van der Waals surface area contributed by atoms with Crippen molar-refractivity contribution in [2.75, 3.05) is 5.32 Å². The molecule has 0 radical (unpaired) electrons. The van der Waals surface area contributed by atoms with E-state index in [-0.39, 0.29) is 23.8 Å². The highest BCUT2D eigenvalue weighted by Gasteiger charge is 2.27. The van der Waals surface area contributed by atoms with Crippen LogP contribution in [0.5, 0.6) is 5.75 Å². The van der Waals surface area contributed by atoms with Gasteiger partial charge in [-0.3, -0.25) is 14.9 Å². The van der Waals surface area contributed by atoms with E-state index in [0.717, 1.165) is 37.3 Å². The first-order valence-corrected chi connectivity index (χ1v) is 14.2. The van der Waals surface area contributed by atoms with Gasteiger partial charge in [0.1, 0.15) is 18.0 Å². The number of nitriles is 1. The van der Waals surface area contributed by atoms with Crippen LogP contribution in [0, 0.1) is 21.4 Å². The minimum absolute atomic E-state index is 0.0572. The van der Waals surface area contributed by atoms with Gasteiger partial charge >= 0.3 is 0 Å². The molecule has 1 atom stereocenters. The molecule has 1 aliphatic rings. The number of nitro benzene ring substituents is 1. The van der Waals surface area contributed by atoms with Gasteiger partial charge in [-0.2, -0.15) is 5.26 Å². The van der Waals surface area contributed by atoms with Crippen LogP contribution in [0.25, 0.3) is 0 Å². The maximum Gasteiger partial charge on any atom is 0.293 e. The molecule has 208 valence electrons. The number of benzene rings is 3. The summed E-state index contributed by atoms with van der Waals surface area (Å²) in [6.07, 6.45) is 3.89. The Hall–Kier alpha value is -4.47. The second-order valence-corrected chi connectivity index (χ2v) is 11.3. The first-order chi connectivity index (χ1) is 19.1. The van der Waals surface area contributed by atoms with Crippen molar-refractivity contribution in [3.8, 4) is 11.8 Å². The molecule has 40 heavy (non-hydrogen) atoms. The monoisotopic (exact) mass is 563 g/mol. The fraction of sp³-hybridized carbons (Fsp3) is 0.286. The van der Waals surface area contributed by atoms with Crippen molar-refractivity contribution >= 4 is 27.3 Å². The molecule has 11 nitrogen and oxygen atoms in total. The number of nitrogens with zero attached hydrogens (tertiary/aromatic N) is 2. The molecule has 0 saturated heterocycles. The molecule has 1 amide bonds. The predicted octanol–water partition coefficient (Wildman–Crippen LogP) is 3.77. The Bertz CT molecular complexity index is 1510. The molecule has 0 aliphatic heterocycles. The van der Waals surface area contributed by atoms with Gasteiger partial charge in [-0.15, -0.1) is 0 Å². The zero-order valence-electron chi connectivity index (χ0n) is 21.6. The number of sulfonamides is 1. The molecule has 12 heteroatoms. The summed E-state index contributed by atoms with van der Waals surface area (Å²) in [4.78, 5) is 23.2. The second-order valence-electron chi connectivity index (χ2n) is 9.58. The van der Waals surface area contributed by atoms with Gasteiger partial charge in [0.25, 0.3) is 21.6 Å². The van der Waals surface area contributed by atoms with Crippen molar-refractivity contribution in [3.63, 3.8) is 0 Å². The largest absolute Gasteiger partial charge is 0.489 e. The van der Waals surface area contributed by atoms with E-state index in [1.165, 1.54) is 12.1 Å². The normalized spacial score (nSPS) is 14.2. The van der Waals surface area contributed by atoms with E-state index < -0.39 is 31.8 Å². The third-order valence-electron chi connectivity index (χ3n) is 6.63. The third kappa shape index (κ3) is 7.34. The third-order valence-corrected chi connectivity index (χ3v) is 7.97. The quantitative estimate of drug-likeness (QED) is 0.231. The average molecular weight is 564 g/mol. The van der Waals surface area contributed by atoms with Crippen molar-refractivity contribution in [1.82, 2.24) is 4.72 Å². The van der Waals surface area contributed by atoms with E-state index in [0.29, 0.717) is 23.5 Å². The molecule has 1 fully saturated rings. The number of hydrogen-bond donors (Lipinski definition) is 3. The summed E-state index contributed by atoms with van der Waals surface area (Å²) in [7, 11) is -4.39. The first kappa shape index (κ1) is 28.5. The maximum atomic E-state index is 12.8. The second kappa shape index (κ2) is 12.6. The summed E-state index contributed by atoms with van der Waals surface area (Å²) < 4.78 is 33.3. The summed E-state index contributed by atoms with van der Waals surface area (Å²) in [5.41, 5.74) is 7.98. The van der Waals surface area contributed by atoms with Gasteiger partial charge in [-0.25, -0.2) is 13.1 Å². The van der Waals surface area contributed by atoms with E-state index in [2.05, 4.69) is 11.4 Å². The van der Waals surface area contributed by atoms with Crippen LogP contribution in [-0.2, 0) is 27.8 Å². The zero-order valence-corrected chi connectivity index (χ0v) is 22.4. The van der Waals surface area contributed by atoms with Crippen molar-refractivity contribution in [2.45, 2.75) is 55.7 Å². The average Bonchev–Trinajstić information content (AvgIpc) is 3.46. The van der Waals surface area contributed by atoms with Crippen LogP contribution in [0.1, 0.15) is 42.4 Å². The van der Waals surface area contributed by atoms with E-state index in [4.69, 9.17) is 15.7 Å². The Morgan fingerprint density at radius 2 is 1.73 bits per heavy atom. The van der Waals surface area contributed by atoms with E-state index >= 15 is 0 Å². The minimum atomic E-state index is -4.39. The molecule has 0 aromatic heterocycles.